The molecule has 1 amide bonds. The number of hydrogen-bond donors (Lipinski definition) is 1. The Kier molecular flexibility index (Phi) is 6.56. The van der Waals surface area contributed by atoms with Crippen molar-refractivity contribution in [2.24, 2.45) is 0 Å². The third-order valence-corrected chi connectivity index (χ3v) is 2.69. The van der Waals surface area contributed by atoms with Gasteiger partial charge in [-0.1, -0.05) is 18.2 Å². The fourth-order valence-corrected chi connectivity index (χ4v) is 1.74. The standard InChI is InChI=1S/C16H22N2O5/c1-16(2,3)23-15(19)17-10-6-5-7-12-8-9-14(22-4)13(11-12)18(20)21/h5,7-9,11H,6,10H2,1-4H3,(H,17,19). The number of carbonyl (C=O) groups excluding carboxylic acids is 1. The molecule has 23 heavy (non-hydrogen) atoms. The summed E-state index contributed by atoms with van der Waals surface area (Å²) in [5.41, 5.74) is 0.0818. The van der Waals surface area contributed by atoms with Crippen molar-refractivity contribution in [2.45, 2.75) is 32.8 Å². The molecule has 0 aliphatic rings. The highest BCUT2D eigenvalue weighted by molar-refractivity contribution is 5.67. The first-order chi connectivity index (χ1) is 10.7. The van der Waals surface area contributed by atoms with Gasteiger partial charge in [-0.05, 0) is 38.8 Å². The van der Waals surface area contributed by atoms with E-state index < -0.39 is 16.6 Å². The van der Waals surface area contributed by atoms with Crippen molar-refractivity contribution in [3.8, 4) is 5.75 Å². The van der Waals surface area contributed by atoms with Crippen LogP contribution in [-0.4, -0.2) is 30.3 Å². The predicted octanol–water partition coefficient (Wildman–Crippen LogP) is 3.53. The van der Waals surface area contributed by atoms with Gasteiger partial charge in [0.05, 0.1) is 12.0 Å². The molecule has 1 rings (SSSR count). The minimum absolute atomic E-state index is 0.0819. The fourth-order valence-electron chi connectivity index (χ4n) is 1.74. The molecule has 0 saturated heterocycles. The average molecular weight is 322 g/mol. The average Bonchev–Trinajstić information content (AvgIpc) is 2.44. The van der Waals surface area contributed by atoms with Crippen molar-refractivity contribution in [1.82, 2.24) is 5.32 Å². The van der Waals surface area contributed by atoms with Crippen LogP contribution in [0.3, 0.4) is 0 Å². The normalized spacial score (nSPS) is 11.3. The van der Waals surface area contributed by atoms with Crippen LogP contribution in [0.4, 0.5) is 10.5 Å². The van der Waals surface area contributed by atoms with E-state index in [1.165, 1.54) is 13.2 Å². The predicted molar refractivity (Wildman–Crippen MR) is 87.5 cm³/mol. The Morgan fingerprint density at radius 1 is 1.39 bits per heavy atom. The number of methoxy groups -OCH3 is 1. The minimum Gasteiger partial charge on any atom is -0.490 e. The van der Waals surface area contributed by atoms with Gasteiger partial charge in [0.2, 0.25) is 0 Å². The summed E-state index contributed by atoms with van der Waals surface area (Å²) >= 11 is 0. The van der Waals surface area contributed by atoms with Gasteiger partial charge in [0, 0.05) is 12.6 Å². The number of nitro groups is 1. The third-order valence-electron chi connectivity index (χ3n) is 2.69. The number of rotatable bonds is 6. The maximum absolute atomic E-state index is 11.4. The highest BCUT2D eigenvalue weighted by Gasteiger charge is 2.15. The number of nitrogens with one attached hydrogen (secondary N) is 1. The summed E-state index contributed by atoms with van der Waals surface area (Å²) in [6, 6.07) is 4.72. The summed E-state index contributed by atoms with van der Waals surface area (Å²) in [5, 5.41) is 13.6. The number of amides is 1. The first kappa shape index (κ1) is 18.5. The largest absolute Gasteiger partial charge is 0.490 e. The van der Waals surface area contributed by atoms with E-state index in [9.17, 15) is 14.9 Å². The molecule has 0 heterocycles. The van der Waals surface area contributed by atoms with Crippen LogP contribution >= 0.6 is 0 Å². The fraction of sp³-hybridized carbons (Fsp3) is 0.438. The van der Waals surface area contributed by atoms with E-state index in [1.54, 1.807) is 39.0 Å². The summed E-state index contributed by atoms with van der Waals surface area (Å²) < 4.78 is 10.1. The van der Waals surface area contributed by atoms with Crippen LogP contribution in [0, 0.1) is 10.1 Å². The van der Waals surface area contributed by atoms with Crippen LogP contribution in [0.25, 0.3) is 6.08 Å². The smallest absolute Gasteiger partial charge is 0.407 e. The van der Waals surface area contributed by atoms with Crippen molar-refractivity contribution in [3.63, 3.8) is 0 Å². The lowest BCUT2D eigenvalue weighted by Crippen LogP contribution is -2.32. The van der Waals surface area contributed by atoms with E-state index in [2.05, 4.69) is 5.32 Å². The second-order valence-corrected chi connectivity index (χ2v) is 5.81. The maximum Gasteiger partial charge on any atom is 0.407 e. The Morgan fingerprint density at radius 3 is 2.65 bits per heavy atom. The van der Waals surface area contributed by atoms with Crippen molar-refractivity contribution < 1.29 is 19.2 Å². The highest BCUT2D eigenvalue weighted by Crippen LogP contribution is 2.27. The monoisotopic (exact) mass is 322 g/mol. The molecule has 0 spiro atoms. The van der Waals surface area contributed by atoms with Crippen molar-refractivity contribution in [1.29, 1.82) is 0 Å². The van der Waals surface area contributed by atoms with E-state index in [1.807, 2.05) is 6.08 Å². The van der Waals surface area contributed by atoms with E-state index in [4.69, 9.17) is 9.47 Å². The molecule has 0 atom stereocenters. The molecule has 0 aliphatic carbocycles. The summed E-state index contributed by atoms with van der Waals surface area (Å²) in [6.07, 6.45) is 3.69. The maximum atomic E-state index is 11.4. The lowest BCUT2D eigenvalue weighted by Gasteiger charge is -2.19. The van der Waals surface area contributed by atoms with Gasteiger partial charge < -0.3 is 14.8 Å². The molecule has 7 nitrogen and oxygen atoms in total. The van der Waals surface area contributed by atoms with Gasteiger partial charge in [0.25, 0.3) is 0 Å². The molecule has 0 bridgehead atoms. The van der Waals surface area contributed by atoms with Gasteiger partial charge >= 0.3 is 11.8 Å². The molecular formula is C16H22N2O5. The van der Waals surface area contributed by atoms with Gasteiger partial charge in [0.1, 0.15) is 5.60 Å². The first-order valence-corrected chi connectivity index (χ1v) is 7.19. The topological polar surface area (TPSA) is 90.7 Å². The Bertz CT molecular complexity index is 591. The molecule has 7 heteroatoms. The van der Waals surface area contributed by atoms with E-state index in [-0.39, 0.29) is 11.4 Å². The Hall–Kier alpha value is -2.57. The van der Waals surface area contributed by atoms with Crippen LogP contribution in [0.1, 0.15) is 32.8 Å². The lowest BCUT2D eigenvalue weighted by molar-refractivity contribution is -0.385. The van der Waals surface area contributed by atoms with Crippen LogP contribution in [-0.2, 0) is 4.74 Å². The number of ether oxygens (including phenoxy) is 2. The second-order valence-electron chi connectivity index (χ2n) is 5.81. The van der Waals surface area contributed by atoms with Gasteiger partial charge in [-0.2, -0.15) is 0 Å². The molecule has 0 fully saturated rings. The molecular weight excluding hydrogens is 300 g/mol. The number of nitro benzene ring substituents is 1. The number of carbonyl (C=O) groups is 1. The second kappa shape index (κ2) is 8.17. The molecule has 0 aromatic heterocycles. The van der Waals surface area contributed by atoms with Gasteiger partial charge in [-0.3, -0.25) is 10.1 Å². The molecule has 1 aromatic rings. The van der Waals surface area contributed by atoms with Crippen molar-refractivity contribution >= 4 is 17.9 Å². The molecule has 0 unspecified atom stereocenters. The SMILES string of the molecule is COc1ccc(C=CCCNC(=O)OC(C)(C)C)cc1[N+](=O)[O-]. The Morgan fingerprint density at radius 2 is 2.09 bits per heavy atom. The zero-order valence-electron chi connectivity index (χ0n) is 13.8. The molecule has 126 valence electrons. The van der Waals surface area contributed by atoms with E-state index in [0.29, 0.717) is 18.5 Å². The number of alkyl carbamates (subject to hydrolysis) is 1. The van der Waals surface area contributed by atoms with Gasteiger partial charge in [-0.25, -0.2) is 4.79 Å². The summed E-state index contributed by atoms with van der Waals surface area (Å²) in [6.45, 7) is 5.80. The Labute approximate surface area is 135 Å². The summed E-state index contributed by atoms with van der Waals surface area (Å²) in [5.74, 6) is 0.221. The minimum atomic E-state index is -0.526. The molecule has 0 radical (unpaired) electrons. The first-order valence-electron chi connectivity index (χ1n) is 7.19. The van der Waals surface area contributed by atoms with Crippen molar-refractivity contribution in [3.05, 3.63) is 40.0 Å². The summed E-state index contributed by atoms with van der Waals surface area (Å²) in [4.78, 5) is 21.9. The van der Waals surface area contributed by atoms with Gasteiger partial charge in [-0.15, -0.1) is 0 Å². The van der Waals surface area contributed by atoms with Gasteiger partial charge in [0.15, 0.2) is 5.75 Å². The van der Waals surface area contributed by atoms with Crippen LogP contribution in [0.15, 0.2) is 24.3 Å². The van der Waals surface area contributed by atoms with Crippen molar-refractivity contribution in [2.75, 3.05) is 13.7 Å². The highest BCUT2D eigenvalue weighted by atomic mass is 16.6. The Balaban J connectivity index is 2.51. The molecule has 0 saturated carbocycles. The summed E-state index contributed by atoms with van der Waals surface area (Å²) in [7, 11) is 1.39. The van der Waals surface area contributed by atoms with Crippen LogP contribution in [0.5, 0.6) is 5.75 Å². The van der Waals surface area contributed by atoms with Crippen LogP contribution in [0.2, 0.25) is 0 Å². The van der Waals surface area contributed by atoms with E-state index in [0.717, 1.165) is 0 Å². The molecule has 1 aromatic carbocycles. The molecule has 1 N–H and O–H groups in total. The van der Waals surface area contributed by atoms with E-state index >= 15 is 0 Å². The zero-order chi connectivity index (χ0) is 17.5. The number of benzene rings is 1. The van der Waals surface area contributed by atoms with Crippen LogP contribution < -0.4 is 10.1 Å². The quantitative estimate of drug-likeness (QED) is 0.491. The lowest BCUT2D eigenvalue weighted by atomic mass is 10.1. The molecule has 0 aliphatic heterocycles. The number of nitrogens with zero attached hydrogens (tertiary/aromatic N) is 1. The number of hydrogen-bond acceptors (Lipinski definition) is 5. The zero-order valence-corrected chi connectivity index (χ0v) is 13.8. The third kappa shape index (κ3) is 6.82.